The fourth-order valence-corrected chi connectivity index (χ4v) is 2.03. The predicted molar refractivity (Wildman–Crippen MR) is 88.9 cm³/mol. The molecule has 1 heterocycles. The number of anilines is 1. The van der Waals surface area contributed by atoms with Gasteiger partial charge in [-0.3, -0.25) is 14.6 Å². The maximum atomic E-state index is 11.9. The van der Waals surface area contributed by atoms with Crippen LogP contribution >= 0.6 is 0 Å². The molecule has 0 radical (unpaired) electrons. The van der Waals surface area contributed by atoms with E-state index < -0.39 is 5.91 Å². The van der Waals surface area contributed by atoms with Gasteiger partial charge in [-0.2, -0.15) is 0 Å². The van der Waals surface area contributed by atoms with Gasteiger partial charge in [-0.25, -0.2) is 0 Å². The molecule has 0 saturated carbocycles. The number of carbonyl (C=O) groups excluding carboxylic acids is 2. The van der Waals surface area contributed by atoms with Gasteiger partial charge in [-0.05, 0) is 29.8 Å². The summed E-state index contributed by atoms with van der Waals surface area (Å²) in [6, 6.07) is 8.58. The summed E-state index contributed by atoms with van der Waals surface area (Å²) in [5, 5.41) is 5.34. The number of nitrogens with zero attached hydrogens (tertiary/aromatic N) is 1. The lowest BCUT2D eigenvalue weighted by Crippen LogP contribution is -2.27. The van der Waals surface area contributed by atoms with Gasteiger partial charge in [0.2, 0.25) is 11.8 Å². The Morgan fingerprint density at radius 3 is 2.38 bits per heavy atom. The molecule has 2 aromatic rings. The molecular weight excluding hydrogens is 310 g/mol. The summed E-state index contributed by atoms with van der Waals surface area (Å²) in [7, 11) is 3.04. The van der Waals surface area contributed by atoms with E-state index in [9.17, 15) is 9.59 Å². The highest BCUT2D eigenvalue weighted by Gasteiger charge is 2.11. The molecule has 0 spiro atoms. The van der Waals surface area contributed by atoms with Crippen LogP contribution in [0.4, 0.5) is 5.69 Å². The van der Waals surface area contributed by atoms with Crippen LogP contribution in [0.3, 0.4) is 0 Å². The molecule has 0 unspecified atom stereocenters. The van der Waals surface area contributed by atoms with Crippen molar-refractivity contribution in [3.05, 3.63) is 48.3 Å². The van der Waals surface area contributed by atoms with E-state index in [1.807, 2.05) is 0 Å². The van der Waals surface area contributed by atoms with E-state index in [0.717, 1.165) is 5.56 Å². The van der Waals surface area contributed by atoms with Crippen molar-refractivity contribution < 1.29 is 19.1 Å². The van der Waals surface area contributed by atoms with Crippen molar-refractivity contribution >= 4 is 17.5 Å². The second-order valence-electron chi connectivity index (χ2n) is 4.93. The number of ether oxygens (including phenoxy) is 2. The highest BCUT2D eigenvalue weighted by Crippen LogP contribution is 2.29. The van der Waals surface area contributed by atoms with Crippen molar-refractivity contribution in [2.24, 2.45) is 0 Å². The van der Waals surface area contributed by atoms with Crippen molar-refractivity contribution in [1.29, 1.82) is 0 Å². The quantitative estimate of drug-likeness (QED) is 0.755. The van der Waals surface area contributed by atoms with Crippen LogP contribution in [0, 0.1) is 0 Å². The van der Waals surface area contributed by atoms with Crippen LogP contribution in [0.15, 0.2) is 42.7 Å². The number of hydrogen-bond donors (Lipinski definition) is 2. The van der Waals surface area contributed by atoms with Crippen molar-refractivity contribution in [3.8, 4) is 11.5 Å². The number of carbonyl (C=O) groups is 2. The lowest BCUT2D eigenvalue weighted by molar-refractivity contribution is -0.126. The Balaban J connectivity index is 1.85. The number of hydrogen-bond acceptors (Lipinski definition) is 5. The molecule has 7 nitrogen and oxygen atoms in total. The van der Waals surface area contributed by atoms with Gasteiger partial charge in [0.25, 0.3) is 0 Å². The second-order valence-corrected chi connectivity index (χ2v) is 4.93. The molecule has 0 fully saturated rings. The van der Waals surface area contributed by atoms with Gasteiger partial charge in [0.05, 0.1) is 14.2 Å². The lowest BCUT2D eigenvalue weighted by atomic mass is 10.2. The van der Waals surface area contributed by atoms with Gasteiger partial charge in [-0.1, -0.05) is 0 Å². The molecule has 0 atom stereocenters. The molecule has 7 heteroatoms. The van der Waals surface area contributed by atoms with E-state index in [1.54, 1.807) is 42.7 Å². The molecule has 0 saturated heterocycles. The third-order valence-electron chi connectivity index (χ3n) is 3.23. The van der Waals surface area contributed by atoms with Crippen LogP contribution < -0.4 is 20.1 Å². The molecule has 0 aliphatic rings. The maximum Gasteiger partial charge on any atom is 0.233 e. The molecular formula is C17H19N3O4. The number of benzene rings is 1. The fraction of sp³-hybridized carbons (Fsp3) is 0.235. The third-order valence-corrected chi connectivity index (χ3v) is 3.23. The zero-order chi connectivity index (χ0) is 17.4. The van der Waals surface area contributed by atoms with Crippen LogP contribution in [0.1, 0.15) is 12.0 Å². The maximum absolute atomic E-state index is 11.9. The lowest BCUT2D eigenvalue weighted by Gasteiger charge is -2.10. The summed E-state index contributed by atoms with van der Waals surface area (Å²) in [5.41, 5.74) is 1.44. The van der Waals surface area contributed by atoms with Gasteiger partial charge in [-0.15, -0.1) is 0 Å². The second kappa shape index (κ2) is 8.52. The average Bonchev–Trinajstić information content (AvgIpc) is 2.60. The van der Waals surface area contributed by atoms with Gasteiger partial charge >= 0.3 is 0 Å². The first-order valence-electron chi connectivity index (χ1n) is 7.30. The summed E-state index contributed by atoms with van der Waals surface area (Å²) in [4.78, 5) is 27.6. The van der Waals surface area contributed by atoms with E-state index in [0.29, 0.717) is 23.7 Å². The monoisotopic (exact) mass is 329 g/mol. The topological polar surface area (TPSA) is 89.5 Å². The Kier molecular flexibility index (Phi) is 6.13. The van der Waals surface area contributed by atoms with Crippen molar-refractivity contribution in [2.75, 3.05) is 19.5 Å². The third kappa shape index (κ3) is 4.98. The molecule has 0 aliphatic heterocycles. The molecule has 24 heavy (non-hydrogen) atoms. The fourth-order valence-electron chi connectivity index (χ4n) is 2.03. The number of methoxy groups -OCH3 is 2. The Morgan fingerprint density at radius 1 is 1.00 bits per heavy atom. The Hall–Kier alpha value is -3.09. The average molecular weight is 329 g/mol. The smallest absolute Gasteiger partial charge is 0.233 e. The minimum atomic E-state index is -0.408. The first-order valence-corrected chi connectivity index (χ1v) is 7.30. The molecule has 126 valence electrons. The predicted octanol–water partition coefficient (Wildman–Crippen LogP) is 1.74. The van der Waals surface area contributed by atoms with Crippen molar-refractivity contribution in [2.45, 2.75) is 13.0 Å². The van der Waals surface area contributed by atoms with Crippen LogP contribution in [0.25, 0.3) is 0 Å². The molecule has 2 N–H and O–H groups in total. The van der Waals surface area contributed by atoms with Crippen molar-refractivity contribution in [1.82, 2.24) is 10.3 Å². The number of aromatic nitrogens is 1. The highest BCUT2D eigenvalue weighted by molar-refractivity contribution is 6.03. The molecule has 1 aromatic heterocycles. The summed E-state index contributed by atoms with van der Waals surface area (Å²) in [6.07, 6.45) is 3.02. The molecule has 0 bridgehead atoms. The van der Waals surface area contributed by atoms with E-state index >= 15 is 0 Å². The van der Waals surface area contributed by atoms with Crippen molar-refractivity contribution in [3.63, 3.8) is 0 Å². The van der Waals surface area contributed by atoms with E-state index in [4.69, 9.17) is 9.47 Å². The Bertz CT molecular complexity index is 704. The van der Waals surface area contributed by atoms with Crippen LogP contribution in [0.5, 0.6) is 11.5 Å². The SMILES string of the molecule is COc1ccc(NC(=O)CC(=O)NCc2ccncc2)cc1OC. The number of nitrogens with one attached hydrogen (secondary N) is 2. The van der Waals surface area contributed by atoms with E-state index in [1.165, 1.54) is 14.2 Å². The van der Waals surface area contributed by atoms with Crippen LogP contribution in [0.2, 0.25) is 0 Å². The molecule has 2 rings (SSSR count). The van der Waals surface area contributed by atoms with Gasteiger partial charge in [0.1, 0.15) is 6.42 Å². The minimum Gasteiger partial charge on any atom is -0.493 e. The first-order chi connectivity index (χ1) is 11.6. The van der Waals surface area contributed by atoms with E-state index in [-0.39, 0.29) is 12.3 Å². The van der Waals surface area contributed by atoms with Gasteiger partial charge in [0, 0.05) is 30.7 Å². The molecule has 1 aromatic carbocycles. The number of pyridine rings is 1. The molecule has 2 amide bonds. The van der Waals surface area contributed by atoms with Gasteiger partial charge in [0.15, 0.2) is 11.5 Å². The standard InChI is InChI=1S/C17H19N3O4/c1-23-14-4-3-13(9-15(14)24-2)20-17(22)10-16(21)19-11-12-5-7-18-8-6-12/h3-9H,10-11H2,1-2H3,(H,19,21)(H,20,22). The molecule has 0 aliphatic carbocycles. The first kappa shape index (κ1) is 17.3. The minimum absolute atomic E-state index is 0.264. The largest absolute Gasteiger partial charge is 0.493 e. The number of rotatable bonds is 7. The zero-order valence-electron chi connectivity index (χ0n) is 13.5. The Labute approximate surface area is 140 Å². The van der Waals surface area contributed by atoms with E-state index in [2.05, 4.69) is 15.6 Å². The highest BCUT2D eigenvalue weighted by atomic mass is 16.5. The summed E-state index contributed by atoms with van der Waals surface area (Å²) in [6.45, 7) is 0.352. The summed E-state index contributed by atoms with van der Waals surface area (Å²) >= 11 is 0. The van der Waals surface area contributed by atoms with Crippen LogP contribution in [-0.4, -0.2) is 31.0 Å². The summed E-state index contributed by atoms with van der Waals surface area (Å²) < 4.78 is 10.3. The summed E-state index contributed by atoms with van der Waals surface area (Å²) in [5.74, 6) is 0.294. The van der Waals surface area contributed by atoms with Crippen LogP contribution in [-0.2, 0) is 16.1 Å². The zero-order valence-corrected chi connectivity index (χ0v) is 13.5. The number of amides is 2. The van der Waals surface area contributed by atoms with Gasteiger partial charge < -0.3 is 20.1 Å². The normalized spacial score (nSPS) is 9.92. The Morgan fingerprint density at radius 2 is 1.71 bits per heavy atom.